The predicted molar refractivity (Wildman–Crippen MR) is 84.1 cm³/mol. The summed E-state index contributed by atoms with van der Waals surface area (Å²) in [6, 6.07) is 9.27. The molecule has 0 spiro atoms. The van der Waals surface area contributed by atoms with Crippen LogP contribution in [0.5, 0.6) is 0 Å². The lowest BCUT2D eigenvalue weighted by atomic mass is 10.0. The molecule has 4 N–H and O–H groups in total. The first-order chi connectivity index (χ1) is 9.67. The molecule has 1 atom stereocenters. The van der Waals surface area contributed by atoms with Gasteiger partial charge in [0.05, 0.1) is 4.75 Å². The molecule has 1 aromatic carbocycles. The van der Waals surface area contributed by atoms with E-state index in [-0.39, 0.29) is 18.4 Å². The molecule has 21 heavy (non-hydrogen) atoms. The number of rotatable bonds is 7. The quantitative estimate of drug-likeness (QED) is 0.304. The smallest absolute Gasteiger partial charge is 0.153 e. The standard InChI is InChI=1S/C14H23N3O3S/c1-14(2,21(3,19)20)10-16-12(9-13(15)17-18)11-7-5-4-6-8-11/h4-8,12,16,18H,9-10H2,1-3H3,(H2,15,17). The molecule has 0 aliphatic carbocycles. The van der Waals surface area contributed by atoms with Gasteiger partial charge in [-0.15, -0.1) is 0 Å². The Morgan fingerprint density at radius 1 is 1.38 bits per heavy atom. The van der Waals surface area contributed by atoms with Crippen molar-refractivity contribution in [3.63, 3.8) is 0 Å². The van der Waals surface area contributed by atoms with Crippen molar-refractivity contribution in [1.82, 2.24) is 5.32 Å². The maximum atomic E-state index is 11.8. The molecule has 1 rings (SSSR count). The number of amidine groups is 1. The van der Waals surface area contributed by atoms with Crippen molar-refractivity contribution in [2.45, 2.75) is 31.1 Å². The van der Waals surface area contributed by atoms with Crippen molar-refractivity contribution in [3.05, 3.63) is 35.9 Å². The lowest BCUT2D eigenvalue weighted by Gasteiger charge is -2.27. The zero-order valence-corrected chi connectivity index (χ0v) is 13.4. The predicted octanol–water partition coefficient (Wildman–Crippen LogP) is 1.28. The van der Waals surface area contributed by atoms with Crippen molar-refractivity contribution >= 4 is 15.7 Å². The van der Waals surface area contributed by atoms with Gasteiger partial charge in [0, 0.05) is 25.3 Å². The average molecular weight is 313 g/mol. The molecule has 0 heterocycles. The topological polar surface area (TPSA) is 105 Å². The molecule has 0 amide bonds. The van der Waals surface area contributed by atoms with E-state index in [4.69, 9.17) is 10.9 Å². The minimum absolute atomic E-state index is 0.0912. The normalized spacial score (nSPS) is 14.9. The van der Waals surface area contributed by atoms with Crippen LogP contribution in [0, 0.1) is 0 Å². The molecule has 0 aliphatic heterocycles. The number of sulfone groups is 1. The fourth-order valence-corrected chi connectivity index (χ4v) is 2.09. The first kappa shape index (κ1) is 17.5. The Kier molecular flexibility index (Phi) is 5.74. The molecule has 118 valence electrons. The monoisotopic (exact) mass is 313 g/mol. The summed E-state index contributed by atoms with van der Waals surface area (Å²) in [6.07, 6.45) is 1.51. The van der Waals surface area contributed by atoms with Gasteiger partial charge in [-0.05, 0) is 19.4 Å². The Balaban J connectivity index is 2.89. The molecule has 1 unspecified atom stereocenters. The van der Waals surface area contributed by atoms with Gasteiger partial charge in [-0.1, -0.05) is 35.5 Å². The van der Waals surface area contributed by atoms with E-state index in [2.05, 4.69) is 10.5 Å². The second-order valence-corrected chi connectivity index (χ2v) is 8.32. The molecular formula is C14H23N3O3S. The van der Waals surface area contributed by atoms with Crippen LogP contribution in [-0.4, -0.2) is 37.0 Å². The van der Waals surface area contributed by atoms with Gasteiger partial charge in [0.1, 0.15) is 5.84 Å². The van der Waals surface area contributed by atoms with Crippen LogP contribution in [0.2, 0.25) is 0 Å². The third-order valence-corrected chi connectivity index (χ3v) is 5.67. The summed E-state index contributed by atoms with van der Waals surface area (Å²) < 4.78 is 22.6. The Morgan fingerprint density at radius 3 is 2.43 bits per heavy atom. The maximum absolute atomic E-state index is 11.8. The maximum Gasteiger partial charge on any atom is 0.153 e. The summed E-state index contributed by atoms with van der Waals surface area (Å²) in [7, 11) is -3.19. The van der Waals surface area contributed by atoms with Gasteiger partial charge in [-0.2, -0.15) is 0 Å². The Hall–Kier alpha value is -1.60. The Bertz CT molecular complexity index is 583. The molecular weight excluding hydrogens is 290 g/mol. The second kappa shape index (κ2) is 6.91. The summed E-state index contributed by atoms with van der Waals surface area (Å²) in [5, 5.41) is 14.9. The molecule has 1 aromatic rings. The lowest BCUT2D eigenvalue weighted by Crippen LogP contribution is -2.43. The first-order valence-electron chi connectivity index (χ1n) is 6.61. The molecule has 0 aromatic heterocycles. The third kappa shape index (κ3) is 5.02. The van der Waals surface area contributed by atoms with Gasteiger partial charge in [-0.25, -0.2) is 8.42 Å². The van der Waals surface area contributed by atoms with Gasteiger partial charge >= 0.3 is 0 Å². The third-order valence-electron chi connectivity index (χ3n) is 3.52. The highest BCUT2D eigenvalue weighted by Gasteiger charge is 2.31. The summed E-state index contributed by atoms with van der Waals surface area (Å²) in [5.74, 6) is 0.0912. The fraction of sp³-hybridized carbons (Fsp3) is 0.500. The summed E-state index contributed by atoms with van der Waals surface area (Å²) in [4.78, 5) is 0. The van der Waals surface area contributed by atoms with Crippen molar-refractivity contribution in [2.75, 3.05) is 12.8 Å². The first-order valence-corrected chi connectivity index (χ1v) is 8.51. The Labute approximate surface area is 126 Å². The number of hydrogen-bond donors (Lipinski definition) is 3. The van der Waals surface area contributed by atoms with Crippen LogP contribution in [-0.2, 0) is 9.84 Å². The van der Waals surface area contributed by atoms with Crippen LogP contribution in [0.1, 0.15) is 31.9 Å². The van der Waals surface area contributed by atoms with Crippen LogP contribution in [0.4, 0.5) is 0 Å². The van der Waals surface area contributed by atoms with E-state index in [0.717, 1.165) is 5.56 Å². The summed E-state index contributed by atoms with van der Waals surface area (Å²) in [6.45, 7) is 3.60. The van der Waals surface area contributed by atoms with E-state index in [0.29, 0.717) is 6.42 Å². The summed E-state index contributed by atoms with van der Waals surface area (Å²) >= 11 is 0. The van der Waals surface area contributed by atoms with Gasteiger partial charge in [0.2, 0.25) is 0 Å². The van der Waals surface area contributed by atoms with Crippen molar-refractivity contribution in [3.8, 4) is 0 Å². The number of hydrogen-bond acceptors (Lipinski definition) is 5. The van der Waals surface area contributed by atoms with E-state index in [1.807, 2.05) is 30.3 Å². The molecule has 0 aliphatic rings. The van der Waals surface area contributed by atoms with Crippen LogP contribution < -0.4 is 11.1 Å². The van der Waals surface area contributed by atoms with Gasteiger partial charge < -0.3 is 16.3 Å². The number of nitrogens with one attached hydrogen (secondary N) is 1. The number of oxime groups is 1. The van der Waals surface area contributed by atoms with Crippen molar-refractivity contribution in [2.24, 2.45) is 10.9 Å². The lowest BCUT2D eigenvalue weighted by molar-refractivity contribution is 0.315. The SMILES string of the molecule is CC(C)(CNC(CC(N)=NO)c1ccccc1)S(C)(=O)=O. The Morgan fingerprint density at radius 2 is 1.95 bits per heavy atom. The molecule has 0 saturated carbocycles. The largest absolute Gasteiger partial charge is 0.409 e. The molecule has 0 radical (unpaired) electrons. The van der Waals surface area contributed by atoms with E-state index in [9.17, 15) is 8.42 Å². The van der Waals surface area contributed by atoms with Crippen molar-refractivity contribution in [1.29, 1.82) is 0 Å². The van der Waals surface area contributed by atoms with Gasteiger partial charge in [0.25, 0.3) is 0 Å². The van der Waals surface area contributed by atoms with Crippen molar-refractivity contribution < 1.29 is 13.6 Å². The van der Waals surface area contributed by atoms with Crippen LogP contribution >= 0.6 is 0 Å². The zero-order chi connectivity index (χ0) is 16.1. The van der Waals surface area contributed by atoms with Gasteiger partial charge in [-0.3, -0.25) is 0 Å². The number of benzene rings is 1. The summed E-state index contributed by atoms with van der Waals surface area (Å²) in [5.41, 5.74) is 6.53. The van der Waals surface area contributed by atoms with Crippen LogP contribution in [0.15, 0.2) is 35.5 Å². The highest BCUT2D eigenvalue weighted by atomic mass is 32.2. The minimum Gasteiger partial charge on any atom is -0.409 e. The van der Waals surface area contributed by atoms with E-state index < -0.39 is 14.6 Å². The highest BCUT2D eigenvalue weighted by Crippen LogP contribution is 2.20. The molecule has 0 fully saturated rings. The zero-order valence-electron chi connectivity index (χ0n) is 12.6. The molecule has 7 heteroatoms. The molecule has 6 nitrogen and oxygen atoms in total. The van der Waals surface area contributed by atoms with E-state index in [1.165, 1.54) is 6.26 Å². The van der Waals surface area contributed by atoms with Crippen LogP contribution in [0.25, 0.3) is 0 Å². The minimum atomic E-state index is -3.19. The second-order valence-electron chi connectivity index (χ2n) is 5.67. The molecule has 0 saturated heterocycles. The van der Waals surface area contributed by atoms with E-state index >= 15 is 0 Å². The average Bonchev–Trinajstić information content (AvgIpc) is 2.42. The fourth-order valence-electron chi connectivity index (χ4n) is 1.74. The van der Waals surface area contributed by atoms with Gasteiger partial charge in [0.15, 0.2) is 9.84 Å². The molecule has 0 bridgehead atoms. The number of nitrogens with two attached hydrogens (primary N) is 1. The highest BCUT2D eigenvalue weighted by molar-refractivity contribution is 7.92. The van der Waals surface area contributed by atoms with Crippen LogP contribution in [0.3, 0.4) is 0 Å². The number of nitrogens with zero attached hydrogens (tertiary/aromatic N) is 1. The van der Waals surface area contributed by atoms with E-state index in [1.54, 1.807) is 13.8 Å².